The Labute approximate surface area is 175 Å². The standard InChI is InChI=1S/C22H25N3O5/c1-15-7-4-10-18(13-15)30-12-6-11-19(26)24-25-20(27)22(2,23-21(25)28)16-8-5-9-17(14-16)29-3/h4-5,7-10,13-14H,6,11-12H2,1-3H3,(H,23,28)(H,24,26)/t22-/m1/s1. The van der Waals surface area contributed by atoms with Gasteiger partial charge in [0.1, 0.15) is 17.0 Å². The van der Waals surface area contributed by atoms with E-state index in [1.165, 1.54) is 7.11 Å². The summed E-state index contributed by atoms with van der Waals surface area (Å²) in [6, 6.07) is 13.8. The number of carbonyl (C=O) groups is 3. The molecule has 2 aromatic rings. The van der Waals surface area contributed by atoms with E-state index in [-0.39, 0.29) is 6.42 Å². The number of urea groups is 1. The third-order valence-corrected chi connectivity index (χ3v) is 4.88. The molecule has 4 amide bonds. The first-order valence-corrected chi connectivity index (χ1v) is 9.63. The quantitative estimate of drug-likeness (QED) is 0.514. The molecule has 0 radical (unpaired) electrons. The summed E-state index contributed by atoms with van der Waals surface area (Å²) in [6.07, 6.45) is 0.551. The molecule has 1 aliphatic rings. The average molecular weight is 411 g/mol. The lowest BCUT2D eigenvalue weighted by Crippen LogP contribution is -2.47. The first-order valence-electron chi connectivity index (χ1n) is 9.63. The fourth-order valence-corrected chi connectivity index (χ4v) is 3.18. The number of imide groups is 1. The SMILES string of the molecule is COc1cccc([C@@]2(C)NC(=O)N(NC(=O)CCCOc3cccc(C)c3)C2=O)c1. The van der Waals surface area contributed by atoms with Gasteiger partial charge in [-0.05, 0) is 55.7 Å². The van der Waals surface area contributed by atoms with Crippen molar-refractivity contribution in [3.05, 3.63) is 59.7 Å². The third-order valence-electron chi connectivity index (χ3n) is 4.88. The lowest BCUT2D eigenvalue weighted by molar-refractivity contribution is -0.139. The minimum absolute atomic E-state index is 0.110. The maximum Gasteiger partial charge on any atom is 0.344 e. The molecule has 1 aliphatic heterocycles. The Morgan fingerprint density at radius 2 is 1.87 bits per heavy atom. The summed E-state index contributed by atoms with van der Waals surface area (Å²) in [5.41, 5.74) is 2.73. The molecule has 1 saturated heterocycles. The third kappa shape index (κ3) is 4.53. The number of rotatable bonds is 8. The summed E-state index contributed by atoms with van der Waals surface area (Å²) in [4.78, 5) is 37.5. The largest absolute Gasteiger partial charge is 0.497 e. The number of benzene rings is 2. The predicted octanol–water partition coefficient (Wildman–Crippen LogP) is 2.66. The maximum atomic E-state index is 12.9. The van der Waals surface area contributed by atoms with E-state index < -0.39 is 23.4 Å². The van der Waals surface area contributed by atoms with E-state index >= 15 is 0 Å². The summed E-state index contributed by atoms with van der Waals surface area (Å²) in [5.74, 6) is 0.289. The molecule has 0 spiro atoms. The normalized spacial score (nSPS) is 18.2. The molecule has 8 heteroatoms. The molecular weight excluding hydrogens is 386 g/mol. The molecule has 158 valence electrons. The van der Waals surface area contributed by atoms with E-state index in [1.54, 1.807) is 31.2 Å². The van der Waals surface area contributed by atoms with Crippen molar-refractivity contribution in [1.29, 1.82) is 0 Å². The molecule has 0 aromatic heterocycles. The summed E-state index contributed by atoms with van der Waals surface area (Å²) < 4.78 is 10.8. The molecule has 0 unspecified atom stereocenters. The molecule has 0 aliphatic carbocycles. The Morgan fingerprint density at radius 1 is 1.13 bits per heavy atom. The summed E-state index contributed by atoms with van der Waals surface area (Å²) >= 11 is 0. The summed E-state index contributed by atoms with van der Waals surface area (Å²) in [6.45, 7) is 3.90. The highest BCUT2D eigenvalue weighted by Crippen LogP contribution is 2.30. The molecule has 1 heterocycles. The van der Waals surface area contributed by atoms with Gasteiger partial charge < -0.3 is 14.8 Å². The van der Waals surface area contributed by atoms with Crippen LogP contribution in [0.25, 0.3) is 0 Å². The monoisotopic (exact) mass is 411 g/mol. The van der Waals surface area contributed by atoms with Gasteiger partial charge in [-0.15, -0.1) is 0 Å². The van der Waals surface area contributed by atoms with Gasteiger partial charge in [-0.2, -0.15) is 5.01 Å². The van der Waals surface area contributed by atoms with Gasteiger partial charge >= 0.3 is 6.03 Å². The van der Waals surface area contributed by atoms with Gasteiger partial charge in [0.15, 0.2) is 0 Å². The van der Waals surface area contributed by atoms with Crippen LogP contribution in [0.4, 0.5) is 4.79 Å². The number of aryl methyl sites for hydroxylation is 1. The fourth-order valence-electron chi connectivity index (χ4n) is 3.18. The Bertz CT molecular complexity index is 961. The molecule has 0 saturated carbocycles. The van der Waals surface area contributed by atoms with Crippen molar-refractivity contribution in [3.63, 3.8) is 0 Å². The topological polar surface area (TPSA) is 97.0 Å². The smallest absolute Gasteiger partial charge is 0.344 e. The van der Waals surface area contributed by atoms with E-state index in [2.05, 4.69) is 10.7 Å². The molecule has 3 rings (SSSR count). The number of methoxy groups -OCH3 is 1. The van der Waals surface area contributed by atoms with Crippen LogP contribution in [-0.2, 0) is 15.1 Å². The van der Waals surface area contributed by atoms with Crippen LogP contribution in [0.3, 0.4) is 0 Å². The number of carbonyl (C=O) groups excluding carboxylic acids is 3. The van der Waals surface area contributed by atoms with Crippen LogP contribution >= 0.6 is 0 Å². The number of ether oxygens (including phenoxy) is 2. The van der Waals surface area contributed by atoms with Crippen LogP contribution in [0.1, 0.15) is 30.9 Å². The molecular formula is C22H25N3O5. The maximum absolute atomic E-state index is 12.9. The van der Waals surface area contributed by atoms with E-state index in [0.29, 0.717) is 24.3 Å². The summed E-state index contributed by atoms with van der Waals surface area (Å²) in [5, 5.41) is 3.37. The Morgan fingerprint density at radius 3 is 2.60 bits per heavy atom. The lowest BCUT2D eigenvalue weighted by Gasteiger charge is -2.22. The molecule has 0 bridgehead atoms. The second-order valence-corrected chi connectivity index (χ2v) is 7.23. The van der Waals surface area contributed by atoms with Crippen molar-refractivity contribution >= 4 is 17.8 Å². The van der Waals surface area contributed by atoms with Crippen LogP contribution < -0.4 is 20.2 Å². The Kier molecular flexibility index (Phi) is 6.25. The van der Waals surface area contributed by atoms with Crippen molar-refractivity contribution in [2.45, 2.75) is 32.2 Å². The second-order valence-electron chi connectivity index (χ2n) is 7.23. The van der Waals surface area contributed by atoms with Crippen LogP contribution in [0.2, 0.25) is 0 Å². The highest BCUT2D eigenvalue weighted by atomic mass is 16.5. The number of amides is 4. The van der Waals surface area contributed by atoms with Crippen LogP contribution in [0.5, 0.6) is 11.5 Å². The zero-order valence-corrected chi connectivity index (χ0v) is 17.2. The number of nitrogens with zero attached hydrogens (tertiary/aromatic N) is 1. The van der Waals surface area contributed by atoms with E-state index in [9.17, 15) is 14.4 Å². The van der Waals surface area contributed by atoms with Gasteiger partial charge in [-0.25, -0.2) is 4.79 Å². The van der Waals surface area contributed by atoms with Crippen LogP contribution in [0.15, 0.2) is 48.5 Å². The lowest BCUT2D eigenvalue weighted by atomic mass is 9.92. The van der Waals surface area contributed by atoms with Crippen molar-refractivity contribution in [2.24, 2.45) is 0 Å². The first-order chi connectivity index (χ1) is 14.3. The number of hydrogen-bond acceptors (Lipinski definition) is 5. The van der Waals surface area contributed by atoms with Gasteiger partial charge in [0.2, 0.25) is 5.91 Å². The van der Waals surface area contributed by atoms with Crippen LogP contribution in [0, 0.1) is 6.92 Å². The first kappa shape index (κ1) is 21.2. The van der Waals surface area contributed by atoms with Gasteiger partial charge in [-0.3, -0.25) is 15.0 Å². The second kappa shape index (κ2) is 8.86. The van der Waals surface area contributed by atoms with E-state index in [0.717, 1.165) is 16.3 Å². The molecule has 2 aromatic carbocycles. The highest BCUT2D eigenvalue weighted by Gasteiger charge is 2.50. The van der Waals surface area contributed by atoms with Gasteiger partial charge in [0.25, 0.3) is 5.91 Å². The van der Waals surface area contributed by atoms with Gasteiger partial charge in [0.05, 0.1) is 13.7 Å². The zero-order valence-electron chi connectivity index (χ0n) is 17.2. The average Bonchev–Trinajstić information content (AvgIpc) is 2.95. The zero-order chi connectivity index (χ0) is 21.7. The highest BCUT2D eigenvalue weighted by molar-refractivity contribution is 6.08. The minimum Gasteiger partial charge on any atom is -0.497 e. The summed E-state index contributed by atoms with van der Waals surface area (Å²) in [7, 11) is 1.52. The van der Waals surface area contributed by atoms with Crippen molar-refractivity contribution in [2.75, 3.05) is 13.7 Å². The Balaban J connectivity index is 1.55. The minimum atomic E-state index is -1.30. The Hall–Kier alpha value is -3.55. The van der Waals surface area contributed by atoms with Crippen molar-refractivity contribution in [3.8, 4) is 11.5 Å². The van der Waals surface area contributed by atoms with Crippen LogP contribution in [-0.4, -0.2) is 36.6 Å². The van der Waals surface area contributed by atoms with Crippen molar-refractivity contribution < 1.29 is 23.9 Å². The fraction of sp³-hybridized carbons (Fsp3) is 0.318. The van der Waals surface area contributed by atoms with E-state index in [4.69, 9.17) is 9.47 Å². The number of nitrogens with one attached hydrogen (secondary N) is 2. The van der Waals surface area contributed by atoms with Gasteiger partial charge in [0, 0.05) is 6.42 Å². The molecule has 30 heavy (non-hydrogen) atoms. The molecule has 2 N–H and O–H groups in total. The molecule has 1 fully saturated rings. The number of hydrazine groups is 1. The van der Waals surface area contributed by atoms with E-state index in [1.807, 2.05) is 31.2 Å². The molecule has 8 nitrogen and oxygen atoms in total. The molecule has 1 atom stereocenters. The predicted molar refractivity (Wildman–Crippen MR) is 110 cm³/mol. The van der Waals surface area contributed by atoms with Gasteiger partial charge in [-0.1, -0.05) is 24.3 Å². The number of hydrogen-bond donors (Lipinski definition) is 2. The van der Waals surface area contributed by atoms with Crippen molar-refractivity contribution in [1.82, 2.24) is 15.8 Å².